The molecule has 1 fully saturated rings. The van der Waals surface area contributed by atoms with Crippen molar-refractivity contribution < 1.29 is 14.3 Å². The van der Waals surface area contributed by atoms with Crippen LogP contribution in [0.5, 0.6) is 11.5 Å². The van der Waals surface area contributed by atoms with Gasteiger partial charge in [0.05, 0.1) is 10.6 Å². The monoisotopic (exact) mass is 553 g/mol. The zero-order valence-corrected chi connectivity index (χ0v) is 22.3. The second-order valence-electron chi connectivity index (χ2n) is 8.73. The van der Waals surface area contributed by atoms with Crippen LogP contribution in [0.2, 0.25) is 5.02 Å². The summed E-state index contributed by atoms with van der Waals surface area (Å²) in [5.41, 5.74) is 2.09. The first-order chi connectivity index (χ1) is 18.1. The van der Waals surface area contributed by atoms with Crippen LogP contribution in [0.3, 0.4) is 0 Å². The summed E-state index contributed by atoms with van der Waals surface area (Å²) in [6.07, 6.45) is 0. The molecule has 8 nitrogen and oxygen atoms in total. The number of fused-ring (bicyclic) bond motifs is 1. The Labute approximate surface area is 227 Å². The van der Waals surface area contributed by atoms with Crippen LogP contribution in [-0.4, -0.2) is 69.2 Å². The fraction of sp³-hybridized carbons (Fsp3) is 0.269. The molecule has 37 heavy (non-hydrogen) atoms. The van der Waals surface area contributed by atoms with Gasteiger partial charge in [-0.2, -0.15) is 0 Å². The number of amides is 1. The lowest BCUT2D eigenvalue weighted by Gasteiger charge is -2.34. The first-order valence-corrected chi connectivity index (χ1v) is 14.1. The lowest BCUT2D eigenvalue weighted by Crippen LogP contribution is -2.48. The number of carbonyl (C=O) groups is 1. The maximum atomic E-state index is 13.1. The van der Waals surface area contributed by atoms with Crippen molar-refractivity contribution in [2.24, 2.45) is 0 Å². The van der Waals surface area contributed by atoms with Crippen molar-refractivity contribution >= 4 is 40.6 Å². The topological polar surface area (TPSA) is 72.7 Å². The Morgan fingerprint density at radius 1 is 1.00 bits per heavy atom. The molecule has 0 radical (unpaired) electrons. The van der Waals surface area contributed by atoms with Crippen molar-refractivity contribution in [1.82, 2.24) is 24.6 Å². The summed E-state index contributed by atoms with van der Waals surface area (Å²) in [5, 5.41) is 12.2. The lowest BCUT2D eigenvalue weighted by atomic mass is 10.1. The molecular formula is C26H24ClN5O3S2. The highest BCUT2D eigenvalue weighted by Gasteiger charge is 2.24. The van der Waals surface area contributed by atoms with Crippen LogP contribution in [0.4, 0.5) is 0 Å². The second-order valence-corrected chi connectivity index (χ2v) is 11.1. The molecule has 0 aliphatic carbocycles. The smallest absolute Gasteiger partial charge is 0.233 e. The minimum Gasteiger partial charge on any atom is -0.454 e. The van der Waals surface area contributed by atoms with Gasteiger partial charge < -0.3 is 14.4 Å². The van der Waals surface area contributed by atoms with E-state index in [9.17, 15) is 4.79 Å². The standard InChI is InChI=1S/C26H24ClN5O3S2/c27-19-4-6-20(7-5-19)32-25(23-2-1-13-36-23)28-29-26(32)37-16-24(33)31-11-9-30(10-12-31)15-18-3-8-21-22(14-18)35-17-34-21/h1-8,13-14H,9-12,15-17H2. The largest absolute Gasteiger partial charge is 0.454 e. The van der Waals surface area contributed by atoms with Gasteiger partial charge in [0.1, 0.15) is 0 Å². The number of ether oxygens (including phenoxy) is 2. The Balaban J connectivity index is 1.08. The van der Waals surface area contributed by atoms with E-state index in [1.165, 1.54) is 17.3 Å². The summed E-state index contributed by atoms with van der Waals surface area (Å²) < 4.78 is 12.9. The summed E-state index contributed by atoms with van der Waals surface area (Å²) in [6.45, 7) is 4.16. The van der Waals surface area contributed by atoms with E-state index >= 15 is 0 Å². The molecule has 190 valence electrons. The van der Waals surface area contributed by atoms with Crippen LogP contribution >= 0.6 is 34.7 Å². The van der Waals surface area contributed by atoms with Gasteiger partial charge in [-0.3, -0.25) is 14.3 Å². The van der Waals surface area contributed by atoms with E-state index in [1.54, 1.807) is 11.3 Å². The first kappa shape index (κ1) is 24.3. The van der Waals surface area contributed by atoms with Crippen LogP contribution in [0, 0.1) is 0 Å². The SMILES string of the molecule is O=C(CSc1nnc(-c2cccs2)n1-c1ccc(Cl)cc1)N1CCN(Cc2ccc3c(c2)OCO3)CC1. The molecule has 6 rings (SSSR count). The summed E-state index contributed by atoms with van der Waals surface area (Å²) in [7, 11) is 0. The number of piperazine rings is 1. The average molecular weight is 554 g/mol. The Kier molecular flexibility index (Phi) is 7.06. The molecule has 0 bridgehead atoms. The number of hydrogen-bond acceptors (Lipinski definition) is 8. The van der Waals surface area contributed by atoms with Gasteiger partial charge >= 0.3 is 0 Å². The highest BCUT2D eigenvalue weighted by molar-refractivity contribution is 7.99. The van der Waals surface area contributed by atoms with Crippen molar-refractivity contribution in [3.8, 4) is 27.9 Å². The van der Waals surface area contributed by atoms with Crippen molar-refractivity contribution in [1.29, 1.82) is 0 Å². The van der Waals surface area contributed by atoms with Gasteiger partial charge in [-0.1, -0.05) is 35.5 Å². The van der Waals surface area contributed by atoms with Crippen LogP contribution in [0.25, 0.3) is 16.4 Å². The van der Waals surface area contributed by atoms with Gasteiger partial charge in [-0.15, -0.1) is 21.5 Å². The van der Waals surface area contributed by atoms with Crippen LogP contribution in [0.1, 0.15) is 5.56 Å². The second kappa shape index (κ2) is 10.7. The molecule has 0 N–H and O–H groups in total. The van der Waals surface area contributed by atoms with Crippen molar-refractivity contribution in [2.45, 2.75) is 11.7 Å². The molecule has 0 spiro atoms. The fourth-order valence-corrected chi connectivity index (χ4v) is 6.10. The van der Waals surface area contributed by atoms with Gasteiger partial charge in [-0.05, 0) is 53.4 Å². The van der Waals surface area contributed by atoms with E-state index < -0.39 is 0 Å². The zero-order valence-electron chi connectivity index (χ0n) is 19.9. The van der Waals surface area contributed by atoms with Crippen molar-refractivity contribution in [2.75, 3.05) is 38.7 Å². The number of carbonyl (C=O) groups excluding carboxylic acids is 1. The lowest BCUT2D eigenvalue weighted by molar-refractivity contribution is -0.130. The number of halogens is 1. The molecular weight excluding hydrogens is 530 g/mol. The Morgan fingerprint density at radius 2 is 1.81 bits per heavy atom. The van der Waals surface area contributed by atoms with E-state index in [2.05, 4.69) is 21.2 Å². The van der Waals surface area contributed by atoms with E-state index in [4.69, 9.17) is 21.1 Å². The Hall–Kier alpha value is -3.05. The third-order valence-electron chi connectivity index (χ3n) is 6.35. The van der Waals surface area contributed by atoms with Gasteiger partial charge in [0, 0.05) is 43.4 Å². The van der Waals surface area contributed by atoms with E-state index in [0.29, 0.717) is 29.0 Å². The van der Waals surface area contributed by atoms with Gasteiger partial charge in [0.2, 0.25) is 12.7 Å². The Bertz CT molecular complexity index is 1390. The van der Waals surface area contributed by atoms with Crippen LogP contribution in [-0.2, 0) is 11.3 Å². The predicted molar refractivity (Wildman–Crippen MR) is 145 cm³/mol. The fourth-order valence-electron chi connectivity index (χ4n) is 4.42. The minimum atomic E-state index is 0.107. The molecule has 2 aliphatic heterocycles. The molecule has 0 saturated carbocycles. The van der Waals surface area contributed by atoms with Gasteiger partial charge in [0.25, 0.3) is 0 Å². The number of benzene rings is 2. The molecule has 1 saturated heterocycles. The average Bonchev–Trinajstić information content (AvgIpc) is 3.69. The van der Waals surface area contributed by atoms with E-state index in [0.717, 1.165) is 47.5 Å². The van der Waals surface area contributed by atoms with Gasteiger partial charge in [0.15, 0.2) is 22.5 Å². The summed E-state index contributed by atoms with van der Waals surface area (Å²) in [5.74, 6) is 2.77. The molecule has 0 unspecified atom stereocenters. The third kappa shape index (κ3) is 5.33. The van der Waals surface area contributed by atoms with Crippen molar-refractivity contribution in [3.63, 3.8) is 0 Å². The summed E-state index contributed by atoms with van der Waals surface area (Å²) >= 11 is 9.13. The molecule has 2 aliphatic rings. The number of aromatic nitrogens is 3. The number of thiophene rings is 1. The zero-order chi connectivity index (χ0) is 25.2. The highest BCUT2D eigenvalue weighted by Crippen LogP contribution is 2.33. The Morgan fingerprint density at radius 3 is 2.59 bits per heavy atom. The number of rotatable bonds is 7. The van der Waals surface area contributed by atoms with Crippen molar-refractivity contribution in [3.05, 3.63) is 70.6 Å². The minimum absolute atomic E-state index is 0.107. The molecule has 11 heteroatoms. The first-order valence-electron chi connectivity index (χ1n) is 11.9. The highest BCUT2D eigenvalue weighted by atomic mass is 35.5. The normalized spacial score (nSPS) is 15.3. The molecule has 4 aromatic rings. The maximum Gasteiger partial charge on any atom is 0.233 e. The predicted octanol–water partition coefficient (Wildman–Crippen LogP) is 4.81. The van der Waals surface area contributed by atoms with Crippen LogP contribution < -0.4 is 9.47 Å². The van der Waals surface area contributed by atoms with E-state index in [1.807, 2.05) is 63.4 Å². The van der Waals surface area contributed by atoms with Gasteiger partial charge in [-0.25, -0.2) is 0 Å². The maximum absolute atomic E-state index is 13.1. The third-order valence-corrected chi connectivity index (χ3v) is 8.38. The number of thioether (sulfide) groups is 1. The molecule has 2 aromatic heterocycles. The molecule has 1 amide bonds. The molecule has 2 aromatic carbocycles. The number of nitrogens with zero attached hydrogens (tertiary/aromatic N) is 5. The number of hydrogen-bond donors (Lipinski definition) is 0. The molecule has 4 heterocycles. The van der Waals surface area contributed by atoms with Crippen LogP contribution in [0.15, 0.2) is 65.1 Å². The molecule has 0 atom stereocenters. The summed E-state index contributed by atoms with van der Waals surface area (Å²) in [4.78, 5) is 18.4. The quantitative estimate of drug-likeness (QED) is 0.304. The summed E-state index contributed by atoms with van der Waals surface area (Å²) in [6, 6.07) is 17.6. The van der Waals surface area contributed by atoms with E-state index in [-0.39, 0.29) is 12.7 Å².